The number of likely N-dealkylation sites (tertiary alicyclic amines) is 1. The normalized spacial score (nSPS) is 20.3. The molecule has 1 aliphatic rings. The number of hydrogen-bond donors (Lipinski definition) is 1. The molecule has 1 unspecified atom stereocenters. The maximum Gasteiger partial charge on any atom is 0.267 e. The Morgan fingerprint density at radius 3 is 2.83 bits per heavy atom. The van der Waals surface area contributed by atoms with Gasteiger partial charge in [-0.3, -0.25) is 4.79 Å². The monoisotopic (exact) mass is 338 g/mol. The smallest absolute Gasteiger partial charge is 0.267 e. The number of amides is 1. The average Bonchev–Trinajstić information content (AvgIpc) is 3.05. The topological polar surface area (TPSA) is 71.2 Å². The van der Waals surface area contributed by atoms with Crippen LogP contribution in [0.5, 0.6) is 0 Å². The van der Waals surface area contributed by atoms with Gasteiger partial charge in [0.15, 0.2) is 5.65 Å². The van der Waals surface area contributed by atoms with Gasteiger partial charge in [0.05, 0.1) is 36.3 Å². The van der Waals surface area contributed by atoms with E-state index in [2.05, 4.69) is 10.1 Å². The van der Waals surface area contributed by atoms with Gasteiger partial charge >= 0.3 is 0 Å². The highest BCUT2D eigenvalue weighted by Crippen LogP contribution is 2.34. The van der Waals surface area contributed by atoms with Gasteiger partial charge < -0.3 is 10.0 Å². The van der Waals surface area contributed by atoms with Crippen LogP contribution in [0.3, 0.4) is 0 Å². The van der Waals surface area contributed by atoms with Crippen LogP contribution < -0.4 is 0 Å². The van der Waals surface area contributed by atoms with Crippen LogP contribution >= 0.6 is 0 Å². The molecule has 1 amide bonds. The van der Waals surface area contributed by atoms with Gasteiger partial charge in [0.2, 0.25) is 0 Å². The fourth-order valence-corrected chi connectivity index (χ4v) is 3.15. The van der Waals surface area contributed by atoms with Crippen LogP contribution in [-0.2, 0) is 0 Å². The molecule has 0 spiro atoms. The Morgan fingerprint density at radius 2 is 2.21 bits per heavy atom. The van der Waals surface area contributed by atoms with E-state index in [9.17, 15) is 18.7 Å². The Bertz CT molecular complexity index is 788. The number of hydrogen-bond acceptors (Lipinski definition) is 4. The second kappa shape index (κ2) is 5.77. The summed E-state index contributed by atoms with van der Waals surface area (Å²) < 4.78 is 29.0. The first-order valence-corrected chi connectivity index (χ1v) is 7.88. The summed E-state index contributed by atoms with van der Waals surface area (Å²) in [5, 5.41) is 14.1. The number of nitrogens with zero attached hydrogens (tertiary/aromatic N) is 4. The first-order chi connectivity index (χ1) is 11.2. The quantitative estimate of drug-likeness (QED) is 0.931. The van der Waals surface area contributed by atoms with Gasteiger partial charge in [0, 0.05) is 18.2 Å². The molecule has 3 heterocycles. The number of aliphatic hydroxyl groups is 1. The van der Waals surface area contributed by atoms with Crippen LogP contribution in [0.4, 0.5) is 8.78 Å². The molecule has 0 aliphatic carbocycles. The van der Waals surface area contributed by atoms with Crippen LogP contribution in [0.25, 0.3) is 11.0 Å². The lowest BCUT2D eigenvalue weighted by Gasteiger charge is -2.22. The molecule has 2 aromatic heterocycles. The fourth-order valence-electron chi connectivity index (χ4n) is 3.15. The second-order valence-electron chi connectivity index (χ2n) is 6.56. The minimum Gasteiger partial charge on any atom is -0.394 e. The van der Waals surface area contributed by atoms with E-state index < -0.39 is 37.4 Å². The van der Waals surface area contributed by atoms with Gasteiger partial charge in [0.25, 0.3) is 11.8 Å². The Labute approximate surface area is 138 Å². The van der Waals surface area contributed by atoms with Gasteiger partial charge in [-0.25, -0.2) is 18.4 Å². The highest BCUT2D eigenvalue weighted by Gasteiger charge is 2.47. The third-order valence-electron chi connectivity index (χ3n) is 4.26. The molecule has 0 bridgehead atoms. The van der Waals surface area contributed by atoms with E-state index in [0.29, 0.717) is 22.3 Å². The van der Waals surface area contributed by atoms with E-state index in [-0.39, 0.29) is 6.04 Å². The molecule has 1 aliphatic heterocycles. The van der Waals surface area contributed by atoms with Crippen molar-refractivity contribution in [1.82, 2.24) is 19.7 Å². The maximum absolute atomic E-state index is 13.7. The molecule has 130 valence electrons. The van der Waals surface area contributed by atoms with E-state index in [4.69, 9.17) is 0 Å². The van der Waals surface area contributed by atoms with Crippen LogP contribution in [0.15, 0.2) is 12.3 Å². The molecular formula is C16H20F2N4O2. The number of aliphatic hydroxyl groups excluding tert-OH is 1. The minimum atomic E-state index is -2.98. The van der Waals surface area contributed by atoms with Gasteiger partial charge in [-0.2, -0.15) is 5.10 Å². The summed E-state index contributed by atoms with van der Waals surface area (Å²) in [5.41, 5.74) is 1.46. The van der Waals surface area contributed by atoms with Crippen molar-refractivity contribution < 1.29 is 18.7 Å². The van der Waals surface area contributed by atoms with E-state index >= 15 is 0 Å². The molecule has 1 fully saturated rings. The van der Waals surface area contributed by atoms with Crippen molar-refractivity contribution in [1.29, 1.82) is 0 Å². The molecule has 1 N–H and O–H groups in total. The zero-order valence-corrected chi connectivity index (χ0v) is 13.8. The number of rotatable bonds is 3. The number of alkyl halides is 2. The van der Waals surface area contributed by atoms with Gasteiger partial charge in [0.1, 0.15) is 0 Å². The number of fused-ring (bicyclic) bond motifs is 1. The average molecular weight is 338 g/mol. The summed E-state index contributed by atoms with van der Waals surface area (Å²) in [6.45, 7) is 4.47. The lowest BCUT2D eigenvalue weighted by atomic mass is 10.1. The van der Waals surface area contributed by atoms with E-state index in [0.717, 1.165) is 4.90 Å². The Hall–Kier alpha value is -2.09. The summed E-state index contributed by atoms with van der Waals surface area (Å²) in [5.74, 6) is -3.50. The summed E-state index contributed by atoms with van der Waals surface area (Å²) in [7, 11) is 0. The molecule has 24 heavy (non-hydrogen) atoms. The van der Waals surface area contributed by atoms with E-state index in [1.807, 2.05) is 13.8 Å². The largest absolute Gasteiger partial charge is 0.394 e. The molecule has 2 aromatic rings. The Kier molecular flexibility index (Phi) is 4.03. The SMILES string of the molecule is Cc1cc(C(=O)N2CC(F)(F)CC2CO)c2cnn(C(C)C)c2n1. The number of carbonyl (C=O) groups excluding carboxylic acids is 1. The van der Waals surface area contributed by atoms with Crippen LogP contribution in [0.1, 0.15) is 42.4 Å². The second-order valence-corrected chi connectivity index (χ2v) is 6.56. The molecule has 3 rings (SSSR count). The summed E-state index contributed by atoms with van der Waals surface area (Å²) in [6.07, 6.45) is 1.02. The maximum atomic E-state index is 13.7. The van der Waals surface area contributed by atoms with Gasteiger partial charge in [-0.15, -0.1) is 0 Å². The molecule has 1 atom stereocenters. The van der Waals surface area contributed by atoms with Crippen molar-refractivity contribution in [3.63, 3.8) is 0 Å². The summed E-state index contributed by atoms with van der Waals surface area (Å²) in [6, 6.07) is 0.763. The van der Waals surface area contributed by atoms with Gasteiger partial charge in [-0.1, -0.05) is 0 Å². The molecule has 0 saturated carbocycles. The number of carbonyl (C=O) groups is 1. The van der Waals surface area contributed by atoms with Crippen molar-refractivity contribution in [2.75, 3.05) is 13.2 Å². The summed E-state index contributed by atoms with van der Waals surface area (Å²) in [4.78, 5) is 18.3. The first kappa shape index (κ1) is 16.8. The Balaban J connectivity index is 2.07. The highest BCUT2D eigenvalue weighted by molar-refractivity contribution is 6.05. The standard InChI is InChI=1S/C16H20F2N4O2/c1-9(2)22-14-13(6-19-22)12(4-10(3)20-14)15(24)21-8-16(17,18)5-11(21)7-23/h4,6,9,11,23H,5,7-8H2,1-3H3. The molecule has 6 nitrogen and oxygen atoms in total. The molecule has 1 saturated heterocycles. The number of aryl methyl sites for hydroxylation is 1. The lowest BCUT2D eigenvalue weighted by Crippen LogP contribution is -2.38. The Morgan fingerprint density at radius 1 is 1.50 bits per heavy atom. The molecular weight excluding hydrogens is 318 g/mol. The minimum absolute atomic E-state index is 0.0565. The van der Waals surface area contributed by atoms with Crippen molar-refractivity contribution >= 4 is 16.9 Å². The van der Waals surface area contributed by atoms with Crippen molar-refractivity contribution in [3.8, 4) is 0 Å². The number of pyridine rings is 1. The zero-order valence-electron chi connectivity index (χ0n) is 13.8. The third kappa shape index (κ3) is 2.75. The summed E-state index contributed by atoms with van der Waals surface area (Å²) >= 11 is 0. The van der Waals surface area contributed by atoms with Crippen molar-refractivity contribution in [3.05, 3.63) is 23.5 Å². The van der Waals surface area contributed by atoms with Crippen molar-refractivity contribution in [2.45, 2.75) is 45.2 Å². The van der Waals surface area contributed by atoms with Gasteiger partial charge in [-0.05, 0) is 26.8 Å². The number of aromatic nitrogens is 3. The highest BCUT2D eigenvalue weighted by atomic mass is 19.3. The van der Waals surface area contributed by atoms with E-state index in [1.165, 1.54) is 6.20 Å². The van der Waals surface area contributed by atoms with E-state index in [1.54, 1.807) is 17.7 Å². The predicted octanol–water partition coefficient (Wildman–Crippen LogP) is 2.16. The lowest BCUT2D eigenvalue weighted by molar-refractivity contribution is 0.0116. The third-order valence-corrected chi connectivity index (χ3v) is 4.26. The van der Waals surface area contributed by atoms with Crippen LogP contribution in [0, 0.1) is 6.92 Å². The van der Waals surface area contributed by atoms with Crippen LogP contribution in [-0.4, -0.2) is 55.8 Å². The predicted molar refractivity (Wildman–Crippen MR) is 84.1 cm³/mol. The number of halogens is 2. The molecule has 8 heteroatoms. The first-order valence-electron chi connectivity index (χ1n) is 7.88. The fraction of sp³-hybridized carbons (Fsp3) is 0.562. The molecule has 0 radical (unpaired) electrons. The van der Waals surface area contributed by atoms with Crippen molar-refractivity contribution in [2.24, 2.45) is 0 Å². The van der Waals surface area contributed by atoms with Crippen LogP contribution in [0.2, 0.25) is 0 Å². The molecule has 0 aromatic carbocycles. The zero-order chi connectivity index (χ0) is 17.6.